The Hall–Kier alpha value is -1.97. The van der Waals surface area contributed by atoms with Crippen molar-refractivity contribution in [1.29, 1.82) is 0 Å². The normalized spacial score (nSPS) is 10.9. The number of hydrogen-bond donors (Lipinski definition) is 1. The molecule has 0 saturated heterocycles. The van der Waals surface area contributed by atoms with Crippen LogP contribution in [0, 0.1) is 0 Å². The Kier molecular flexibility index (Phi) is 4.77. The van der Waals surface area contributed by atoms with Crippen molar-refractivity contribution in [3.63, 3.8) is 0 Å². The molecule has 0 spiro atoms. The van der Waals surface area contributed by atoms with Crippen molar-refractivity contribution >= 4 is 11.3 Å². The number of nitrogens with zero attached hydrogens (tertiary/aromatic N) is 1. The molecule has 1 heterocycles. The van der Waals surface area contributed by atoms with Gasteiger partial charge in [-0.2, -0.15) is 0 Å². The fourth-order valence-corrected chi connectivity index (χ4v) is 3.04. The van der Waals surface area contributed by atoms with Gasteiger partial charge >= 0.3 is 0 Å². The third-order valence-electron chi connectivity index (χ3n) is 3.44. The maximum atomic E-state index is 4.34. The topological polar surface area (TPSA) is 24.9 Å². The molecule has 2 aromatic carbocycles. The lowest BCUT2D eigenvalue weighted by molar-refractivity contribution is 0.605. The highest BCUT2D eigenvalue weighted by atomic mass is 32.1. The Morgan fingerprint density at radius 1 is 0.905 bits per heavy atom. The van der Waals surface area contributed by atoms with E-state index in [0.29, 0.717) is 0 Å². The van der Waals surface area contributed by atoms with E-state index in [1.54, 1.807) is 11.3 Å². The van der Waals surface area contributed by atoms with Gasteiger partial charge in [0.25, 0.3) is 0 Å². The van der Waals surface area contributed by atoms with Gasteiger partial charge in [-0.1, -0.05) is 60.7 Å². The molecular weight excluding hydrogens is 276 g/mol. The van der Waals surface area contributed by atoms with Crippen LogP contribution in [-0.4, -0.2) is 11.5 Å². The molecule has 106 valence electrons. The van der Waals surface area contributed by atoms with Crippen LogP contribution in [-0.2, 0) is 6.42 Å². The Labute approximate surface area is 129 Å². The fourth-order valence-electron chi connectivity index (χ4n) is 2.42. The van der Waals surface area contributed by atoms with Gasteiger partial charge in [0.15, 0.2) is 0 Å². The summed E-state index contributed by atoms with van der Waals surface area (Å²) in [4.78, 5) is 4.34. The van der Waals surface area contributed by atoms with E-state index < -0.39 is 0 Å². The third-order valence-corrected chi connectivity index (χ3v) is 4.28. The molecule has 0 atom stereocenters. The molecule has 0 amide bonds. The van der Waals surface area contributed by atoms with Crippen molar-refractivity contribution in [2.24, 2.45) is 0 Å². The highest BCUT2D eigenvalue weighted by Crippen LogP contribution is 2.21. The smallest absolute Gasteiger partial charge is 0.0937 e. The fraction of sp³-hybridized carbons (Fsp3) is 0.167. The lowest BCUT2D eigenvalue weighted by Crippen LogP contribution is -2.24. The van der Waals surface area contributed by atoms with Crippen LogP contribution in [0.4, 0.5) is 0 Å². The molecule has 2 nitrogen and oxygen atoms in total. The van der Waals surface area contributed by atoms with Crippen LogP contribution < -0.4 is 5.32 Å². The number of nitrogens with one attached hydrogen (secondary N) is 1. The summed E-state index contributed by atoms with van der Waals surface area (Å²) in [5.41, 5.74) is 2.59. The van der Waals surface area contributed by atoms with Gasteiger partial charge in [-0.15, -0.1) is 11.3 Å². The largest absolute Gasteiger partial charge is 0.306 e. The van der Waals surface area contributed by atoms with E-state index in [0.717, 1.165) is 13.0 Å². The highest BCUT2D eigenvalue weighted by Gasteiger charge is 2.12. The van der Waals surface area contributed by atoms with Crippen molar-refractivity contribution < 1.29 is 0 Å². The number of thiazole rings is 1. The number of benzene rings is 2. The van der Waals surface area contributed by atoms with Gasteiger partial charge in [-0.25, -0.2) is 4.98 Å². The molecule has 0 aliphatic heterocycles. The van der Waals surface area contributed by atoms with Crippen LogP contribution in [0.2, 0.25) is 0 Å². The molecule has 3 heteroatoms. The molecule has 0 fully saturated rings. The van der Waals surface area contributed by atoms with E-state index in [1.165, 1.54) is 16.1 Å². The molecule has 0 aliphatic rings. The van der Waals surface area contributed by atoms with E-state index >= 15 is 0 Å². The summed E-state index contributed by atoms with van der Waals surface area (Å²) >= 11 is 1.72. The maximum Gasteiger partial charge on any atom is 0.0937 e. The standard InChI is InChI=1S/C18H18N2S/c1-3-7-15(8-4-1)18(16-9-5-2-6-10-16)20-12-11-17-19-13-14-21-17/h1-10,13-14,18,20H,11-12H2. The lowest BCUT2D eigenvalue weighted by Gasteiger charge is -2.19. The van der Waals surface area contributed by atoms with Gasteiger partial charge in [0.1, 0.15) is 0 Å². The average molecular weight is 294 g/mol. The molecule has 0 saturated carbocycles. The summed E-state index contributed by atoms with van der Waals surface area (Å²) in [5, 5.41) is 6.87. The van der Waals surface area contributed by atoms with Crippen molar-refractivity contribution in [1.82, 2.24) is 10.3 Å². The minimum atomic E-state index is 0.229. The minimum Gasteiger partial charge on any atom is -0.306 e. The van der Waals surface area contributed by atoms with Gasteiger partial charge < -0.3 is 5.32 Å². The van der Waals surface area contributed by atoms with Crippen molar-refractivity contribution in [2.75, 3.05) is 6.54 Å². The minimum absolute atomic E-state index is 0.229. The SMILES string of the molecule is c1ccc(C(NCCc2nccs2)c2ccccc2)cc1. The summed E-state index contributed by atoms with van der Waals surface area (Å²) < 4.78 is 0. The van der Waals surface area contributed by atoms with Crippen molar-refractivity contribution in [3.05, 3.63) is 88.4 Å². The quantitative estimate of drug-likeness (QED) is 0.741. The third kappa shape index (κ3) is 3.78. The number of aromatic nitrogens is 1. The van der Waals surface area contributed by atoms with Crippen LogP contribution in [0.3, 0.4) is 0 Å². The zero-order chi connectivity index (χ0) is 14.3. The number of rotatable bonds is 6. The first kappa shape index (κ1) is 14.0. The second-order valence-electron chi connectivity index (χ2n) is 4.88. The second kappa shape index (κ2) is 7.16. The Morgan fingerprint density at radius 3 is 2.05 bits per heavy atom. The van der Waals surface area contributed by atoms with Crippen LogP contribution in [0.1, 0.15) is 22.2 Å². The Balaban J connectivity index is 1.73. The van der Waals surface area contributed by atoms with E-state index in [4.69, 9.17) is 0 Å². The van der Waals surface area contributed by atoms with E-state index in [2.05, 4.69) is 71.0 Å². The monoisotopic (exact) mass is 294 g/mol. The molecule has 0 bridgehead atoms. The van der Waals surface area contributed by atoms with Gasteiger partial charge in [-0.3, -0.25) is 0 Å². The second-order valence-corrected chi connectivity index (χ2v) is 5.86. The zero-order valence-corrected chi connectivity index (χ0v) is 12.6. The summed E-state index contributed by atoms with van der Waals surface area (Å²) in [6.07, 6.45) is 2.83. The predicted octanol–water partition coefficient (Wildman–Crippen LogP) is 4.06. The molecule has 1 N–H and O–H groups in total. The molecule has 3 rings (SSSR count). The molecular formula is C18H18N2S. The first-order valence-electron chi connectivity index (χ1n) is 7.15. The Bertz CT molecular complexity index is 596. The van der Waals surface area contributed by atoms with Gasteiger partial charge in [0.05, 0.1) is 11.0 Å². The van der Waals surface area contributed by atoms with E-state index in [9.17, 15) is 0 Å². The van der Waals surface area contributed by atoms with Gasteiger partial charge in [0, 0.05) is 24.5 Å². The van der Waals surface area contributed by atoms with Crippen LogP contribution in [0.5, 0.6) is 0 Å². The first-order valence-corrected chi connectivity index (χ1v) is 8.03. The van der Waals surface area contributed by atoms with Gasteiger partial charge in [0.2, 0.25) is 0 Å². The van der Waals surface area contributed by atoms with Crippen LogP contribution in [0.15, 0.2) is 72.2 Å². The van der Waals surface area contributed by atoms with Crippen LogP contribution >= 0.6 is 11.3 Å². The molecule has 0 radical (unpaired) electrons. The first-order chi connectivity index (χ1) is 10.4. The van der Waals surface area contributed by atoms with E-state index in [-0.39, 0.29) is 6.04 Å². The molecule has 0 unspecified atom stereocenters. The van der Waals surface area contributed by atoms with Crippen molar-refractivity contribution in [2.45, 2.75) is 12.5 Å². The van der Waals surface area contributed by atoms with Gasteiger partial charge in [-0.05, 0) is 11.1 Å². The number of hydrogen-bond acceptors (Lipinski definition) is 3. The molecule has 21 heavy (non-hydrogen) atoms. The highest BCUT2D eigenvalue weighted by molar-refractivity contribution is 7.09. The molecule has 0 aliphatic carbocycles. The summed E-state index contributed by atoms with van der Waals surface area (Å²) in [5.74, 6) is 0. The zero-order valence-electron chi connectivity index (χ0n) is 11.8. The summed E-state index contributed by atoms with van der Waals surface area (Å²) in [7, 11) is 0. The average Bonchev–Trinajstić information content (AvgIpc) is 3.07. The molecule has 1 aromatic heterocycles. The summed E-state index contributed by atoms with van der Waals surface area (Å²) in [6, 6.07) is 21.4. The predicted molar refractivity (Wildman–Crippen MR) is 88.5 cm³/mol. The Morgan fingerprint density at radius 2 is 1.52 bits per heavy atom. The lowest BCUT2D eigenvalue weighted by atomic mass is 9.99. The maximum absolute atomic E-state index is 4.34. The summed E-state index contributed by atoms with van der Waals surface area (Å²) in [6.45, 7) is 0.919. The molecule has 3 aromatic rings. The van der Waals surface area contributed by atoms with Crippen molar-refractivity contribution in [3.8, 4) is 0 Å². The van der Waals surface area contributed by atoms with E-state index in [1.807, 2.05) is 11.6 Å². The van der Waals surface area contributed by atoms with Crippen LogP contribution in [0.25, 0.3) is 0 Å².